The van der Waals surface area contributed by atoms with Crippen LogP contribution < -0.4 is 11.3 Å². The number of halogens is 1. The Kier molecular flexibility index (Phi) is 4.01. The van der Waals surface area contributed by atoms with E-state index in [1.165, 1.54) is 17.2 Å². The first-order valence-corrected chi connectivity index (χ1v) is 7.68. The van der Waals surface area contributed by atoms with Crippen molar-refractivity contribution in [2.24, 2.45) is 5.84 Å². The molecule has 21 heavy (non-hydrogen) atoms. The van der Waals surface area contributed by atoms with Crippen LogP contribution in [-0.2, 0) is 6.42 Å². The number of fused-ring (bicyclic) bond motifs is 1. The molecule has 2 nitrogen and oxygen atoms in total. The largest absolute Gasteiger partial charge is 0.271 e. The van der Waals surface area contributed by atoms with Crippen LogP contribution in [0.15, 0.2) is 48.5 Å². The molecule has 3 rings (SSSR count). The molecule has 0 aliphatic carbocycles. The molecular formula is C17H17FN2S. The highest BCUT2D eigenvalue weighted by molar-refractivity contribution is 7.19. The Hall–Kier alpha value is -1.75. The number of aryl methyl sites for hydroxylation is 1. The summed E-state index contributed by atoms with van der Waals surface area (Å²) in [5, 5.41) is 0.930. The molecular weight excluding hydrogens is 283 g/mol. The molecule has 0 amide bonds. The van der Waals surface area contributed by atoms with Gasteiger partial charge >= 0.3 is 0 Å². The number of hydrogen-bond acceptors (Lipinski definition) is 3. The smallest absolute Gasteiger partial charge is 0.123 e. The highest BCUT2D eigenvalue weighted by Crippen LogP contribution is 2.31. The summed E-state index contributed by atoms with van der Waals surface area (Å²) in [4.78, 5) is 1.12. The number of nitrogens with two attached hydrogens (primary N) is 1. The van der Waals surface area contributed by atoms with Crippen molar-refractivity contribution in [1.82, 2.24) is 5.43 Å². The van der Waals surface area contributed by atoms with E-state index in [1.807, 2.05) is 12.1 Å². The zero-order valence-corrected chi connectivity index (χ0v) is 12.6. The van der Waals surface area contributed by atoms with Crippen molar-refractivity contribution in [1.29, 1.82) is 0 Å². The lowest BCUT2D eigenvalue weighted by atomic mass is 10.0. The van der Waals surface area contributed by atoms with E-state index in [2.05, 4.69) is 36.6 Å². The van der Waals surface area contributed by atoms with Crippen LogP contribution in [0.4, 0.5) is 4.39 Å². The van der Waals surface area contributed by atoms with Crippen LogP contribution in [0, 0.1) is 12.7 Å². The normalized spacial score (nSPS) is 12.7. The van der Waals surface area contributed by atoms with Gasteiger partial charge in [0.15, 0.2) is 0 Å². The monoisotopic (exact) mass is 300 g/mol. The van der Waals surface area contributed by atoms with Crippen LogP contribution in [0.25, 0.3) is 10.1 Å². The molecule has 0 aliphatic rings. The summed E-state index contributed by atoms with van der Waals surface area (Å²) < 4.78 is 14.4. The summed E-state index contributed by atoms with van der Waals surface area (Å²) in [5.41, 5.74) is 5.35. The van der Waals surface area contributed by atoms with Crippen LogP contribution in [0.2, 0.25) is 0 Å². The highest BCUT2D eigenvalue weighted by atomic mass is 32.1. The van der Waals surface area contributed by atoms with Crippen LogP contribution >= 0.6 is 11.3 Å². The van der Waals surface area contributed by atoms with Crippen LogP contribution in [0.1, 0.15) is 22.0 Å². The average Bonchev–Trinajstić information content (AvgIpc) is 2.89. The molecule has 2 aromatic carbocycles. The lowest BCUT2D eigenvalue weighted by Gasteiger charge is -2.14. The van der Waals surface area contributed by atoms with Crippen molar-refractivity contribution in [2.45, 2.75) is 19.4 Å². The first-order chi connectivity index (χ1) is 10.2. The van der Waals surface area contributed by atoms with Gasteiger partial charge in [0.2, 0.25) is 0 Å². The fraction of sp³-hybridized carbons (Fsp3) is 0.176. The minimum atomic E-state index is -0.206. The Morgan fingerprint density at radius 2 is 1.90 bits per heavy atom. The van der Waals surface area contributed by atoms with E-state index in [4.69, 9.17) is 5.84 Å². The van der Waals surface area contributed by atoms with Crippen LogP contribution in [-0.4, -0.2) is 0 Å². The lowest BCUT2D eigenvalue weighted by Crippen LogP contribution is -2.28. The molecule has 3 aromatic rings. The van der Waals surface area contributed by atoms with Gasteiger partial charge in [-0.3, -0.25) is 11.3 Å². The summed E-state index contributed by atoms with van der Waals surface area (Å²) in [6.07, 6.45) is 0.812. The molecule has 0 saturated heterocycles. The van der Waals surface area contributed by atoms with Crippen molar-refractivity contribution in [3.63, 3.8) is 0 Å². The lowest BCUT2D eigenvalue weighted by molar-refractivity contribution is 0.561. The van der Waals surface area contributed by atoms with Crippen molar-refractivity contribution in [3.8, 4) is 0 Å². The molecule has 0 aliphatic heterocycles. The zero-order chi connectivity index (χ0) is 14.8. The number of hydrogen-bond donors (Lipinski definition) is 2. The Balaban J connectivity index is 1.88. The van der Waals surface area contributed by atoms with E-state index in [9.17, 15) is 4.39 Å². The van der Waals surface area contributed by atoms with Crippen LogP contribution in [0.3, 0.4) is 0 Å². The second kappa shape index (κ2) is 5.93. The predicted molar refractivity (Wildman–Crippen MR) is 86.7 cm³/mol. The van der Waals surface area contributed by atoms with E-state index >= 15 is 0 Å². The highest BCUT2D eigenvalue weighted by Gasteiger charge is 2.14. The Labute approximate surface area is 127 Å². The molecule has 1 aromatic heterocycles. The van der Waals surface area contributed by atoms with Crippen molar-refractivity contribution in [2.75, 3.05) is 0 Å². The van der Waals surface area contributed by atoms with Gasteiger partial charge in [0.1, 0.15) is 5.82 Å². The Morgan fingerprint density at radius 1 is 1.14 bits per heavy atom. The standard InChI is InChI=1S/C17H17FN2S/c1-11-2-4-12(5-3-11)8-15(20-19)17-10-13-9-14(18)6-7-16(13)21-17/h2-7,9-10,15,20H,8,19H2,1H3. The first-order valence-electron chi connectivity index (χ1n) is 6.86. The zero-order valence-electron chi connectivity index (χ0n) is 11.8. The summed E-state index contributed by atoms with van der Waals surface area (Å²) in [6, 6.07) is 15.4. The fourth-order valence-corrected chi connectivity index (χ4v) is 3.51. The second-order valence-corrected chi connectivity index (χ2v) is 6.36. The molecule has 1 unspecified atom stereocenters. The van der Waals surface area contributed by atoms with E-state index in [-0.39, 0.29) is 11.9 Å². The van der Waals surface area contributed by atoms with Gasteiger partial charge in [-0.2, -0.15) is 0 Å². The SMILES string of the molecule is Cc1ccc(CC(NN)c2cc3cc(F)ccc3s2)cc1. The third kappa shape index (κ3) is 3.13. The minimum absolute atomic E-state index is 0.0353. The Morgan fingerprint density at radius 3 is 2.62 bits per heavy atom. The fourth-order valence-electron chi connectivity index (χ4n) is 2.41. The maximum Gasteiger partial charge on any atom is 0.123 e. The summed E-state index contributed by atoms with van der Waals surface area (Å²) in [7, 11) is 0. The number of nitrogens with one attached hydrogen (secondary N) is 1. The summed E-state index contributed by atoms with van der Waals surface area (Å²) in [6.45, 7) is 2.07. The van der Waals surface area contributed by atoms with Crippen molar-refractivity contribution in [3.05, 3.63) is 70.4 Å². The van der Waals surface area contributed by atoms with Gasteiger partial charge in [-0.25, -0.2) is 4.39 Å². The van der Waals surface area contributed by atoms with Gasteiger partial charge in [0, 0.05) is 9.58 Å². The maximum atomic E-state index is 13.3. The van der Waals surface area contributed by atoms with E-state index in [0.29, 0.717) is 0 Å². The molecule has 1 heterocycles. The maximum absolute atomic E-state index is 13.3. The molecule has 0 spiro atoms. The van der Waals surface area contributed by atoms with Gasteiger partial charge < -0.3 is 0 Å². The molecule has 0 saturated carbocycles. The molecule has 0 bridgehead atoms. The molecule has 0 radical (unpaired) electrons. The number of benzene rings is 2. The van der Waals surface area contributed by atoms with Crippen molar-refractivity contribution >= 4 is 21.4 Å². The average molecular weight is 300 g/mol. The summed E-state index contributed by atoms with van der Waals surface area (Å²) in [5.74, 6) is 5.51. The molecule has 3 N–H and O–H groups in total. The van der Waals surface area contributed by atoms with E-state index in [1.54, 1.807) is 17.4 Å². The van der Waals surface area contributed by atoms with E-state index < -0.39 is 0 Å². The van der Waals surface area contributed by atoms with Gasteiger partial charge in [0.05, 0.1) is 6.04 Å². The predicted octanol–water partition coefficient (Wildman–Crippen LogP) is 4.10. The first kappa shape index (κ1) is 14.2. The van der Waals surface area contributed by atoms with Gasteiger partial charge in [-0.05, 0) is 48.6 Å². The van der Waals surface area contributed by atoms with Crippen molar-refractivity contribution < 1.29 is 4.39 Å². The van der Waals surface area contributed by atoms with E-state index in [0.717, 1.165) is 21.4 Å². The van der Waals surface area contributed by atoms with Gasteiger partial charge in [-0.15, -0.1) is 11.3 Å². The number of rotatable bonds is 4. The minimum Gasteiger partial charge on any atom is -0.271 e. The molecule has 0 fully saturated rings. The molecule has 108 valence electrons. The third-order valence-electron chi connectivity index (χ3n) is 3.60. The third-order valence-corrected chi connectivity index (χ3v) is 4.83. The summed E-state index contributed by atoms with van der Waals surface area (Å²) >= 11 is 1.65. The Bertz CT molecular complexity index is 749. The van der Waals surface area contributed by atoms with Gasteiger partial charge in [0.25, 0.3) is 0 Å². The topological polar surface area (TPSA) is 38.0 Å². The molecule has 4 heteroatoms. The quantitative estimate of drug-likeness (QED) is 0.562. The van der Waals surface area contributed by atoms with Crippen LogP contribution in [0.5, 0.6) is 0 Å². The number of thiophene rings is 1. The second-order valence-electron chi connectivity index (χ2n) is 5.24. The van der Waals surface area contributed by atoms with Gasteiger partial charge in [-0.1, -0.05) is 29.8 Å². The molecule has 1 atom stereocenters. The number of hydrazine groups is 1.